The summed E-state index contributed by atoms with van der Waals surface area (Å²) in [6, 6.07) is 9.01. The zero-order chi connectivity index (χ0) is 11.8. The molecule has 1 unspecified atom stereocenters. The molecule has 1 rings (SSSR count). The number of ether oxygens (including phenoxy) is 2. The smallest absolute Gasteiger partial charge is 0.410 e. The monoisotopic (exact) mass is 223 g/mol. The zero-order valence-electron chi connectivity index (χ0n) is 9.60. The summed E-state index contributed by atoms with van der Waals surface area (Å²) in [5, 5.41) is 2.72. The van der Waals surface area contributed by atoms with Gasteiger partial charge in [0.25, 0.3) is 0 Å². The Bertz CT molecular complexity index is 313. The Hall–Kier alpha value is -1.55. The van der Waals surface area contributed by atoms with Crippen molar-refractivity contribution in [2.45, 2.75) is 19.4 Å². The molecule has 4 nitrogen and oxygen atoms in total. The lowest BCUT2D eigenvalue weighted by atomic mass is 10.2. The van der Waals surface area contributed by atoms with Crippen LogP contribution in [0.25, 0.3) is 0 Å². The molecule has 0 aliphatic heterocycles. The largest absolute Gasteiger partial charge is 0.412 e. The van der Waals surface area contributed by atoms with Crippen molar-refractivity contribution in [3.8, 4) is 5.75 Å². The van der Waals surface area contributed by atoms with Gasteiger partial charge in [0.1, 0.15) is 5.75 Å². The summed E-state index contributed by atoms with van der Waals surface area (Å²) < 4.78 is 9.99. The fourth-order valence-corrected chi connectivity index (χ4v) is 1.19. The van der Waals surface area contributed by atoms with E-state index in [1.54, 1.807) is 19.2 Å². The standard InChI is InChI=1S/C12H17NO3/c1-10(8-9-15-2)13-12(14)16-11-6-4-3-5-7-11/h3-7,10H,8-9H2,1-2H3,(H,13,14). The van der Waals surface area contributed by atoms with Gasteiger partial charge in [0.15, 0.2) is 0 Å². The van der Waals surface area contributed by atoms with Gasteiger partial charge in [0.05, 0.1) is 0 Å². The molecule has 0 radical (unpaired) electrons. The highest BCUT2D eigenvalue weighted by Gasteiger charge is 2.08. The molecule has 1 N–H and O–H groups in total. The molecule has 0 aromatic heterocycles. The molecule has 0 saturated heterocycles. The highest BCUT2D eigenvalue weighted by Crippen LogP contribution is 2.08. The van der Waals surface area contributed by atoms with E-state index in [0.29, 0.717) is 12.4 Å². The van der Waals surface area contributed by atoms with Crippen LogP contribution in [-0.2, 0) is 4.74 Å². The number of hydrogen-bond acceptors (Lipinski definition) is 3. The number of nitrogens with one attached hydrogen (secondary N) is 1. The van der Waals surface area contributed by atoms with Crippen LogP contribution in [0.15, 0.2) is 30.3 Å². The summed E-state index contributed by atoms with van der Waals surface area (Å²) >= 11 is 0. The molecular formula is C12H17NO3. The van der Waals surface area contributed by atoms with Crippen LogP contribution in [0.3, 0.4) is 0 Å². The second-order valence-corrected chi connectivity index (χ2v) is 3.53. The van der Waals surface area contributed by atoms with E-state index >= 15 is 0 Å². The third-order valence-corrected chi connectivity index (χ3v) is 2.07. The SMILES string of the molecule is COCCC(C)NC(=O)Oc1ccccc1. The van der Waals surface area contributed by atoms with Gasteiger partial charge in [-0.2, -0.15) is 0 Å². The van der Waals surface area contributed by atoms with Gasteiger partial charge in [0, 0.05) is 19.8 Å². The lowest BCUT2D eigenvalue weighted by Crippen LogP contribution is -2.35. The summed E-state index contributed by atoms with van der Waals surface area (Å²) in [6.45, 7) is 2.53. The molecule has 0 heterocycles. The van der Waals surface area contributed by atoms with E-state index in [4.69, 9.17) is 9.47 Å². The molecule has 0 saturated carbocycles. The Labute approximate surface area is 95.6 Å². The molecule has 0 bridgehead atoms. The highest BCUT2D eigenvalue weighted by atomic mass is 16.6. The van der Waals surface area contributed by atoms with E-state index in [-0.39, 0.29) is 6.04 Å². The summed E-state index contributed by atoms with van der Waals surface area (Å²) in [5.74, 6) is 0.541. The molecule has 1 amide bonds. The van der Waals surface area contributed by atoms with Crippen molar-refractivity contribution >= 4 is 6.09 Å². The van der Waals surface area contributed by atoms with Crippen LogP contribution in [-0.4, -0.2) is 25.9 Å². The first-order valence-electron chi connectivity index (χ1n) is 5.24. The number of amides is 1. The van der Waals surface area contributed by atoms with Crippen molar-refractivity contribution in [1.29, 1.82) is 0 Å². The predicted octanol–water partition coefficient (Wildman–Crippen LogP) is 2.20. The Morgan fingerprint density at radius 1 is 1.38 bits per heavy atom. The van der Waals surface area contributed by atoms with Gasteiger partial charge in [-0.25, -0.2) is 4.79 Å². The third-order valence-electron chi connectivity index (χ3n) is 2.07. The highest BCUT2D eigenvalue weighted by molar-refractivity contribution is 5.70. The molecule has 1 aromatic carbocycles. The van der Waals surface area contributed by atoms with Crippen molar-refractivity contribution in [3.05, 3.63) is 30.3 Å². The molecule has 0 fully saturated rings. The summed E-state index contributed by atoms with van der Waals surface area (Å²) in [5.41, 5.74) is 0. The molecule has 0 spiro atoms. The summed E-state index contributed by atoms with van der Waals surface area (Å²) in [7, 11) is 1.63. The van der Waals surface area contributed by atoms with Gasteiger partial charge < -0.3 is 14.8 Å². The maximum absolute atomic E-state index is 11.4. The number of hydrogen-bond donors (Lipinski definition) is 1. The average molecular weight is 223 g/mol. The molecular weight excluding hydrogens is 206 g/mol. The topological polar surface area (TPSA) is 47.6 Å². The van der Waals surface area contributed by atoms with E-state index in [1.807, 2.05) is 25.1 Å². The summed E-state index contributed by atoms with van der Waals surface area (Å²) in [6.07, 6.45) is 0.329. The maximum atomic E-state index is 11.4. The molecule has 4 heteroatoms. The quantitative estimate of drug-likeness (QED) is 0.832. The number of methoxy groups -OCH3 is 1. The van der Waals surface area contributed by atoms with E-state index in [9.17, 15) is 4.79 Å². The van der Waals surface area contributed by atoms with Crippen LogP contribution < -0.4 is 10.1 Å². The molecule has 0 aliphatic rings. The fraction of sp³-hybridized carbons (Fsp3) is 0.417. The lowest BCUT2D eigenvalue weighted by molar-refractivity contribution is 0.175. The van der Waals surface area contributed by atoms with Gasteiger partial charge in [-0.05, 0) is 25.5 Å². The Morgan fingerprint density at radius 2 is 2.06 bits per heavy atom. The average Bonchev–Trinajstić information content (AvgIpc) is 2.27. The Balaban J connectivity index is 2.31. The van der Waals surface area contributed by atoms with Crippen LogP contribution in [0.2, 0.25) is 0 Å². The normalized spacial score (nSPS) is 11.9. The van der Waals surface area contributed by atoms with Crippen LogP contribution in [0.1, 0.15) is 13.3 Å². The van der Waals surface area contributed by atoms with Crippen molar-refractivity contribution in [1.82, 2.24) is 5.32 Å². The van der Waals surface area contributed by atoms with Crippen molar-refractivity contribution in [3.63, 3.8) is 0 Å². The zero-order valence-corrected chi connectivity index (χ0v) is 9.60. The first-order chi connectivity index (χ1) is 7.72. The van der Waals surface area contributed by atoms with E-state index in [1.165, 1.54) is 0 Å². The minimum atomic E-state index is -0.435. The number of rotatable bonds is 5. The lowest BCUT2D eigenvalue weighted by Gasteiger charge is -2.13. The van der Waals surface area contributed by atoms with Crippen molar-refractivity contribution in [2.24, 2.45) is 0 Å². The van der Waals surface area contributed by atoms with Crippen LogP contribution >= 0.6 is 0 Å². The molecule has 88 valence electrons. The van der Waals surface area contributed by atoms with E-state index in [0.717, 1.165) is 6.42 Å². The van der Waals surface area contributed by atoms with Gasteiger partial charge in [-0.3, -0.25) is 0 Å². The van der Waals surface area contributed by atoms with Gasteiger partial charge >= 0.3 is 6.09 Å². The van der Waals surface area contributed by atoms with Crippen LogP contribution in [0.5, 0.6) is 5.75 Å². The van der Waals surface area contributed by atoms with E-state index in [2.05, 4.69) is 5.32 Å². The van der Waals surface area contributed by atoms with Crippen LogP contribution in [0, 0.1) is 0 Å². The predicted molar refractivity (Wildman–Crippen MR) is 61.6 cm³/mol. The fourth-order valence-electron chi connectivity index (χ4n) is 1.19. The third kappa shape index (κ3) is 4.79. The number of carbonyl (C=O) groups is 1. The van der Waals surface area contributed by atoms with E-state index < -0.39 is 6.09 Å². The Kier molecular flexibility index (Phi) is 5.36. The maximum Gasteiger partial charge on any atom is 0.412 e. The minimum Gasteiger partial charge on any atom is -0.410 e. The minimum absolute atomic E-state index is 0.0381. The van der Waals surface area contributed by atoms with Gasteiger partial charge in [0.2, 0.25) is 0 Å². The second-order valence-electron chi connectivity index (χ2n) is 3.53. The van der Waals surface area contributed by atoms with Crippen molar-refractivity contribution in [2.75, 3.05) is 13.7 Å². The molecule has 1 aromatic rings. The first kappa shape index (κ1) is 12.5. The number of carbonyl (C=O) groups excluding carboxylic acids is 1. The molecule has 0 aliphatic carbocycles. The first-order valence-corrected chi connectivity index (χ1v) is 5.24. The number of para-hydroxylation sites is 1. The molecule has 16 heavy (non-hydrogen) atoms. The van der Waals surface area contributed by atoms with Gasteiger partial charge in [-0.1, -0.05) is 18.2 Å². The van der Waals surface area contributed by atoms with Gasteiger partial charge in [-0.15, -0.1) is 0 Å². The van der Waals surface area contributed by atoms with Crippen molar-refractivity contribution < 1.29 is 14.3 Å². The second kappa shape index (κ2) is 6.85. The van der Waals surface area contributed by atoms with Crippen LogP contribution in [0.4, 0.5) is 4.79 Å². The Morgan fingerprint density at radius 3 is 2.69 bits per heavy atom. The summed E-state index contributed by atoms with van der Waals surface area (Å²) in [4.78, 5) is 11.4. The molecule has 1 atom stereocenters. The number of benzene rings is 1.